The second kappa shape index (κ2) is 6.19. The van der Waals surface area contributed by atoms with Crippen LogP contribution < -0.4 is 0 Å². The molecule has 1 N–H and O–H groups in total. The Morgan fingerprint density at radius 1 is 1.53 bits per heavy atom. The Morgan fingerprint density at radius 2 is 2.27 bits per heavy atom. The third-order valence-corrected chi connectivity index (χ3v) is 3.89. The summed E-state index contributed by atoms with van der Waals surface area (Å²) < 4.78 is 0. The van der Waals surface area contributed by atoms with Crippen LogP contribution in [0.1, 0.15) is 26.2 Å². The van der Waals surface area contributed by atoms with Crippen molar-refractivity contribution in [2.24, 2.45) is 0 Å². The average molecular weight is 224 g/mol. The molecule has 1 aliphatic carbocycles. The monoisotopic (exact) mass is 224 g/mol. The van der Waals surface area contributed by atoms with Gasteiger partial charge in [-0.15, -0.1) is 0 Å². The van der Waals surface area contributed by atoms with E-state index >= 15 is 0 Å². The molecule has 0 spiro atoms. The van der Waals surface area contributed by atoms with Crippen molar-refractivity contribution >= 4 is 11.8 Å². The SMILES string of the molecule is C=CC1=C(/C=C\C)CCCC(O)C1SC. The summed E-state index contributed by atoms with van der Waals surface area (Å²) in [5.41, 5.74) is 2.55. The first-order valence-corrected chi connectivity index (χ1v) is 6.72. The second-order valence-corrected chi connectivity index (χ2v) is 4.78. The Bertz CT molecular complexity index is 278. The van der Waals surface area contributed by atoms with Gasteiger partial charge in [-0.2, -0.15) is 11.8 Å². The summed E-state index contributed by atoms with van der Waals surface area (Å²) in [6.07, 6.45) is 11.0. The lowest BCUT2D eigenvalue weighted by molar-refractivity contribution is 0.171. The third-order valence-electron chi connectivity index (χ3n) is 2.81. The number of allylic oxidation sites excluding steroid dienone is 4. The minimum absolute atomic E-state index is 0.191. The molecule has 1 aliphatic rings. The van der Waals surface area contributed by atoms with Gasteiger partial charge in [0.2, 0.25) is 0 Å². The van der Waals surface area contributed by atoms with E-state index in [0.717, 1.165) is 19.3 Å². The third kappa shape index (κ3) is 2.99. The van der Waals surface area contributed by atoms with Crippen LogP contribution in [0.4, 0.5) is 0 Å². The van der Waals surface area contributed by atoms with E-state index in [1.54, 1.807) is 11.8 Å². The number of rotatable bonds is 3. The molecule has 2 heteroatoms. The molecule has 84 valence electrons. The van der Waals surface area contributed by atoms with Crippen molar-refractivity contribution in [3.63, 3.8) is 0 Å². The van der Waals surface area contributed by atoms with Crippen molar-refractivity contribution in [1.29, 1.82) is 0 Å². The van der Waals surface area contributed by atoms with Crippen LogP contribution in [0.15, 0.2) is 36.0 Å². The first-order valence-electron chi connectivity index (χ1n) is 5.43. The zero-order valence-corrected chi connectivity index (χ0v) is 10.4. The van der Waals surface area contributed by atoms with Crippen LogP contribution in [0.2, 0.25) is 0 Å². The molecular weight excluding hydrogens is 204 g/mol. The van der Waals surface area contributed by atoms with E-state index in [2.05, 4.69) is 25.0 Å². The molecule has 0 saturated heterocycles. The normalized spacial score (nSPS) is 28.2. The lowest BCUT2D eigenvalue weighted by Crippen LogP contribution is -2.23. The highest BCUT2D eigenvalue weighted by molar-refractivity contribution is 7.99. The van der Waals surface area contributed by atoms with Crippen LogP contribution in [-0.2, 0) is 0 Å². The Balaban J connectivity index is 3.07. The average Bonchev–Trinajstić information content (AvgIpc) is 2.38. The highest BCUT2D eigenvalue weighted by Crippen LogP contribution is 2.32. The highest BCUT2D eigenvalue weighted by atomic mass is 32.2. The molecule has 15 heavy (non-hydrogen) atoms. The zero-order chi connectivity index (χ0) is 11.3. The summed E-state index contributed by atoms with van der Waals surface area (Å²) in [6.45, 7) is 5.91. The predicted molar refractivity (Wildman–Crippen MR) is 69.2 cm³/mol. The maximum absolute atomic E-state index is 10.0. The number of thioether (sulfide) groups is 1. The van der Waals surface area contributed by atoms with Gasteiger partial charge in [0.15, 0.2) is 0 Å². The molecule has 0 aliphatic heterocycles. The van der Waals surface area contributed by atoms with Gasteiger partial charge >= 0.3 is 0 Å². The number of hydrogen-bond acceptors (Lipinski definition) is 2. The molecule has 0 heterocycles. The van der Waals surface area contributed by atoms with Crippen molar-refractivity contribution in [1.82, 2.24) is 0 Å². The Hall–Kier alpha value is -0.470. The van der Waals surface area contributed by atoms with Crippen LogP contribution in [0.25, 0.3) is 0 Å². The van der Waals surface area contributed by atoms with Gasteiger partial charge in [0.25, 0.3) is 0 Å². The molecule has 2 atom stereocenters. The van der Waals surface area contributed by atoms with Crippen LogP contribution >= 0.6 is 11.8 Å². The Labute approximate surface area is 97.0 Å². The lowest BCUT2D eigenvalue weighted by Gasteiger charge is -2.20. The summed E-state index contributed by atoms with van der Waals surface area (Å²) in [6, 6.07) is 0. The Morgan fingerprint density at radius 3 is 2.80 bits per heavy atom. The van der Waals surface area contributed by atoms with E-state index in [0.29, 0.717) is 0 Å². The fourth-order valence-corrected chi connectivity index (χ4v) is 3.05. The fourth-order valence-electron chi connectivity index (χ4n) is 2.10. The van der Waals surface area contributed by atoms with E-state index in [1.807, 2.05) is 13.0 Å². The second-order valence-electron chi connectivity index (χ2n) is 3.80. The lowest BCUT2D eigenvalue weighted by atomic mass is 10.0. The van der Waals surface area contributed by atoms with Gasteiger partial charge < -0.3 is 5.11 Å². The maximum atomic E-state index is 10.0. The van der Waals surface area contributed by atoms with Gasteiger partial charge in [-0.05, 0) is 43.6 Å². The van der Waals surface area contributed by atoms with Gasteiger partial charge in [-0.3, -0.25) is 0 Å². The van der Waals surface area contributed by atoms with Crippen LogP contribution in [-0.4, -0.2) is 22.7 Å². The molecule has 0 bridgehead atoms. The summed E-state index contributed by atoms with van der Waals surface area (Å²) in [5.74, 6) is 0. The molecule has 0 fully saturated rings. The van der Waals surface area contributed by atoms with Gasteiger partial charge in [0.05, 0.1) is 11.4 Å². The van der Waals surface area contributed by atoms with Crippen molar-refractivity contribution < 1.29 is 5.11 Å². The molecule has 0 aromatic rings. The minimum Gasteiger partial charge on any atom is -0.392 e. The van der Waals surface area contributed by atoms with E-state index in [9.17, 15) is 5.11 Å². The predicted octanol–water partition coefficient (Wildman–Crippen LogP) is 3.32. The summed E-state index contributed by atoms with van der Waals surface area (Å²) in [5, 5.41) is 10.2. The van der Waals surface area contributed by atoms with Crippen molar-refractivity contribution in [3.8, 4) is 0 Å². The largest absolute Gasteiger partial charge is 0.392 e. The standard InChI is InChI=1S/C13H20OS/c1-4-7-10-8-6-9-12(14)13(15-3)11(10)5-2/h4-5,7,12-14H,2,6,8-9H2,1,3H3/b7-4-. The van der Waals surface area contributed by atoms with Crippen molar-refractivity contribution in [3.05, 3.63) is 36.0 Å². The topological polar surface area (TPSA) is 20.2 Å². The molecule has 0 saturated carbocycles. The first kappa shape index (κ1) is 12.6. The molecule has 0 amide bonds. The molecule has 1 nitrogen and oxygen atoms in total. The molecule has 2 unspecified atom stereocenters. The molecule has 0 aromatic carbocycles. The van der Waals surface area contributed by atoms with Gasteiger partial charge in [-0.1, -0.05) is 24.8 Å². The molecule has 0 radical (unpaired) electrons. The van der Waals surface area contributed by atoms with Gasteiger partial charge in [0, 0.05) is 0 Å². The fraction of sp³-hybridized carbons (Fsp3) is 0.538. The van der Waals surface area contributed by atoms with Gasteiger partial charge in [0.1, 0.15) is 0 Å². The van der Waals surface area contributed by atoms with Crippen LogP contribution in [0, 0.1) is 0 Å². The highest BCUT2D eigenvalue weighted by Gasteiger charge is 2.25. The van der Waals surface area contributed by atoms with E-state index in [1.165, 1.54) is 11.1 Å². The molecule has 1 rings (SSSR count). The number of aliphatic hydroxyl groups excluding tert-OH is 1. The number of aliphatic hydroxyl groups is 1. The summed E-state index contributed by atoms with van der Waals surface area (Å²) in [4.78, 5) is 0. The molecule has 0 aromatic heterocycles. The quantitative estimate of drug-likeness (QED) is 0.793. The number of hydrogen-bond donors (Lipinski definition) is 1. The maximum Gasteiger partial charge on any atom is 0.0699 e. The minimum atomic E-state index is -0.226. The Kier molecular flexibility index (Phi) is 5.20. The van der Waals surface area contributed by atoms with Crippen molar-refractivity contribution in [2.45, 2.75) is 37.5 Å². The summed E-state index contributed by atoms with van der Waals surface area (Å²) in [7, 11) is 0. The van der Waals surface area contributed by atoms with E-state index < -0.39 is 0 Å². The van der Waals surface area contributed by atoms with Crippen LogP contribution in [0.3, 0.4) is 0 Å². The summed E-state index contributed by atoms with van der Waals surface area (Å²) >= 11 is 1.72. The smallest absolute Gasteiger partial charge is 0.0699 e. The van der Waals surface area contributed by atoms with E-state index in [-0.39, 0.29) is 11.4 Å². The van der Waals surface area contributed by atoms with Crippen molar-refractivity contribution in [2.75, 3.05) is 6.26 Å². The van der Waals surface area contributed by atoms with E-state index in [4.69, 9.17) is 0 Å². The molecular formula is C13H20OS. The zero-order valence-electron chi connectivity index (χ0n) is 9.57. The van der Waals surface area contributed by atoms with Crippen LogP contribution in [0.5, 0.6) is 0 Å². The first-order chi connectivity index (χ1) is 7.24. The van der Waals surface area contributed by atoms with Gasteiger partial charge in [-0.25, -0.2) is 0 Å².